The van der Waals surface area contributed by atoms with Gasteiger partial charge in [-0.3, -0.25) is 9.59 Å². The highest BCUT2D eigenvalue weighted by Crippen LogP contribution is 2.22. The highest BCUT2D eigenvalue weighted by molar-refractivity contribution is 5.98. The Kier molecular flexibility index (Phi) is 9.21. The molecule has 0 aliphatic rings. The summed E-state index contributed by atoms with van der Waals surface area (Å²) in [6, 6.07) is 23.6. The number of carbonyl (C=O) groups is 2. The monoisotopic (exact) mass is 471 g/mol. The fourth-order valence-electron chi connectivity index (χ4n) is 4.22. The number of hydrogen-bond acceptors (Lipinski definition) is 3. The third kappa shape index (κ3) is 7.52. The molecule has 3 aromatic carbocycles. The maximum Gasteiger partial charge on any atom is 0.247 e. The quantitative estimate of drug-likeness (QED) is 0.445. The third-order valence-electron chi connectivity index (χ3n) is 6.20. The van der Waals surface area contributed by atoms with Crippen molar-refractivity contribution in [2.24, 2.45) is 0 Å². The molecule has 0 bridgehead atoms. The summed E-state index contributed by atoms with van der Waals surface area (Å²) in [5.74, 6) is -0.220. The van der Waals surface area contributed by atoms with Crippen LogP contribution in [0.25, 0.3) is 0 Å². The van der Waals surface area contributed by atoms with E-state index in [1.807, 2.05) is 100 Å². The maximum atomic E-state index is 13.8. The van der Waals surface area contributed by atoms with Gasteiger partial charge in [-0.1, -0.05) is 78.4 Å². The Hall–Kier alpha value is -3.44. The molecule has 5 heteroatoms. The number of benzene rings is 3. The normalized spacial score (nSPS) is 11.8. The molecule has 2 amide bonds. The van der Waals surface area contributed by atoms with Gasteiger partial charge in [-0.2, -0.15) is 0 Å². The summed E-state index contributed by atoms with van der Waals surface area (Å²) in [6.45, 7) is 6.64. The first-order chi connectivity index (χ1) is 16.7. The van der Waals surface area contributed by atoms with E-state index in [9.17, 15) is 9.59 Å². The van der Waals surface area contributed by atoms with E-state index in [0.717, 1.165) is 33.5 Å². The van der Waals surface area contributed by atoms with Crippen LogP contribution in [0.2, 0.25) is 0 Å². The van der Waals surface area contributed by atoms with Crippen LogP contribution in [0.5, 0.6) is 0 Å². The highest BCUT2D eigenvalue weighted by atomic mass is 16.2. The van der Waals surface area contributed by atoms with E-state index in [2.05, 4.69) is 17.4 Å². The largest absolute Gasteiger partial charge is 0.325 e. The number of aryl methyl sites for hydroxylation is 4. The van der Waals surface area contributed by atoms with Gasteiger partial charge in [0.15, 0.2) is 0 Å². The molecular formula is C30H37N3O2. The number of likely N-dealkylation sites (N-methyl/N-ethyl adjacent to an activating group) is 1. The topological polar surface area (TPSA) is 52.7 Å². The first-order valence-corrected chi connectivity index (χ1v) is 12.2. The second kappa shape index (κ2) is 12.3. The molecule has 0 spiro atoms. The van der Waals surface area contributed by atoms with Crippen LogP contribution in [0.4, 0.5) is 5.69 Å². The van der Waals surface area contributed by atoms with E-state index in [-0.39, 0.29) is 18.4 Å². The number of anilines is 1. The number of nitrogens with one attached hydrogen (secondary N) is 1. The molecule has 35 heavy (non-hydrogen) atoms. The molecule has 0 fully saturated rings. The van der Waals surface area contributed by atoms with E-state index in [4.69, 9.17) is 0 Å². The van der Waals surface area contributed by atoms with Crippen molar-refractivity contribution in [2.45, 2.75) is 46.2 Å². The third-order valence-corrected chi connectivity index (χ3v) is 6.20. The SMILES string of the molecule is Cc1ccc(CN(C(=O)CN(C)C)[C@@H](CCc2ccccc2)C(=O)Nc2c(C)cccc2C)cc1. The summed E-state index contributed by atoms with van der Waals surface area (Å²) in [6.07, 6.45) is 1.23. The van der Waals surface area contributed by atoms with Gasteiger partial charge in [-0.15, -0.1) is 0 Å². The van der Waals surface area contributed by atoms with Gasteiger partial charge in [-0.25, -0.2) is 0 Å². The standard InChI is InChI=1S/C30H37N3O2/c1-22-14-16-26(17-15-22)20-33(28(34)21-32(4)5)27(19-18-25-12-7-6-8-13-25)30(35)31-29-23(2)10-9-11-24(29)3/h6-17,27H,18-21H2,1-5H3,(H,31,35)/t27-/m0/s1. The Labute approximate surface area is 209 Å². The Morgan fingerprint density at radius 3 is 2.03 bits per heavy atom. The number of carbonyl (C=O) groups excluding carboxylic acids is 2. The van der Waals surface area contributed by atoms with E-state index >= 15 is 0 Å². The Bertz CT molecular complexity index is 1100. The smallest absolute Gasteiger partial charge is 0.247 e. The Morgan fingerprint density at radius 1 is 0.800 bits per heavy atom. The summed E-state index contributed by atoms with van der Waals surface area (Å²) in [4.78, 5) is 30.9. The van der Waals surface area contributed by atoms with Crippen LogP contribution in [0, 0.1) is 20.8 Å². The van der Waals surface area contributed by atoms with Crippen molar-refractivity contribution in [2.75, 3.05) is 26.0 Å². The van der Waals surface area contributed by atoms with Crippen LogP contribution in [-0.2, 0) is 22.6 Å². The molecule has 3 rings (SSSR count). The molecule has 1 atom stereocenters. The predicted molar refractivity (Wildman–Crippen MR) is 143 cm³/mol. The molecule has 0 aromatic heterocycles. The summed E-state index contributed by atoms with van der Waals surface area (Å²) in [7, 11) is 3.75. The van der Waals surface area contributed by atoms with Gasteiger partial charge in [0.1, 0.15) is 6.04 Å². The molecule has 3 aromatic rings. The van der Waals surface area contributed by atoms with Gasteiger partial charge in [0.25, 0.3) is 0 Å². The van der Waals surface area contributed by atoms with Crippen molar-refractivity contribution in [1.82, 2.24) is 9.80 Å². The molecule has 0 aliphatic heterocycles. The molecule has 5 nitrogen and oxygen atoms in total. The molecule has 1 N–H and O–H groups in total. The molecule has 184 valence electrons. The minimum absolute atomic E-state index is 0.0645. The number of nitrogens with zero attached hydrogens (tertiary/aromatic N) is 2. The molecule has 0 saturated heterocycles. The van der Waals surface area contributed by atoms with Gasteiger partial charge in [0.2, 0.25) is 11.8 Å². The molecular weight excluding hydrogens is 434 g/mol. The Morgan fingerprint density at radius 2 is 1.43 bits per heavy atom. The van der Waals surface area contributed by atoms with E-state index in [1.54, 1.807) is 4.90 Å². The molecule has 0 saturated carbocycles. The van der Waals surface area contributed by atoms with Crippen LogP contribution in [0.1, 0.15) is 34.2 Å². The number of amides is 2. The minimum Gasteiger partial charge on any atom is -0.325 e. The van der Waals surface area contributed by atoms with Crippen molar-refractivity contribution in [1.29, 1.82) is 0 Å². The van der Waals surface area contributed by atoms with Crippen LogP contribution in [0.3, 0.4) is 0 Å². The lowest BCUT2D eigenvalue weighted by molar-refractivity contribution is -0.140. The average Bonchev–Trinajstić information content (AvgIpc) is 2.82. The van der Waals surface area contributed by atoms with Crippen molar-refractivity contribution in [3.63, 3.8) is 0 Å². The second-order valence-electron chi connectivity index (χ2n) is 9.54. The summed E-state index contributed by atoms with van der Waals surface area (Å²) in [5.41, 5.74) is 6.14. The van der Waals surface area contributed by atoms with Gasteiger partial charge in [0, 0.05) is 12.2 Å². The number of rotatable bonds is 10. The zero-order valence-corrected chi connectivity index (χ0v) is 21.5. The van der Waals surface area contributed by atoms with Crippen molar-refractivity contribution >= 4 is 17.5 Å². The number of para-hydroxylation sites is 1. The first kappa shape index (κ1) is 26.2. The first-order valence-electron chi connectivity index (χ1n) is 12.2. The van der Waals surface area contributed by atoms with E-state index in [1.165, 1.54) is 0 Å². The second-order valence-corrected chi connectivity index (χ2v) is 9.54. The maximum absolute atomic E-state index is 13.8. The average molecular weight is 472 g/mol. The molecule has 0 heterocycles. The molecule has 0 radical (unpaired) electrons. The summed E-state index contributed by atoms with van der Waals surface area (Å²) >= 11 is 0. The number of hydrogen-bond donors (Lipinski definition) is 1. The zero-order valence-electron chi connectivity index (χ0n) is 21.5. The van der Waals surface area contributed by atoms with Crippen molar-refractivity contribution in [3.8, 4) is 0 Å². The van der Waals surface area contributed by atoms with E-state index in [0.29, 0.717) is 19.4 Å². The predicted octanol–water partition coefficient (Wildman–Crippen LogP) is 5.14. The summed E-state index contributed by atoms with van der Waals surface area (Å²) in [5, 5.41) is 3.15. The summed E-state index contributed by atoms with van der Waals surface area (Å²) < 4.78 is 0. The van der Waals surface area contributed by atoms with Gasteiger partial charge in [0.05, 0.1) is 6.54 Å². The fourth-order valence-corrected chi connectivity index (χ4v) is 4.22. The minimum atomic E-state index is -0.608. The highest BCUT2D eigenvalue weighted by Gasteiger charge is 2.30. The van der Waals surface area contributed by atoms with Gasteiger partial charge < -0.3 is 15.1 Å². The fraction of sp³-hybridized carbons (Fsp3) is 0.333. The van der Waals surface area contributed by atoms with Gasteiger partial charge >= 0.3 is 0 Å². The Balaban J connectivity index is 1.95. The molecule has 0 aliphatic carbocycles. The van der Waals surface area contributed by atoms with E-state index < -0.39 is 6.04 Å². The van der Waals surface area contributed by atoms with Gasteiger partial charge in [-0.05, 0) is 70.0 Å². The lowest BCUT2D eigenvalue weighted by Gasteiger charge is -2.32. The lowest BCUT2D eigenvalue weighted by Crippen LogP contribution is -2.49. The lowest BCUT2D eigenvalue weighted by atomic mass is 10.0. The van der Waals surface area contributed by atoms with Crippen molar-refractivity contribution in [3.05, 3.63) is 101 Å². The molecule has 0 unspecified atom stereocenters. The van der Waals surface area contributed by atoms with Crippen molar-refractivity contribution < 1.29 is 9.59 Å². The van der Waals surface area contributed by atoms with Crippen LogP contribution in [-0.4, -0.2) is 48.3 Å². The van der Waals surface area contributed by atoms with Crippen LogP contribution >= 0.6 is 0 Å². The zero-order chi connectivity index (χ0) is 25.4. The van der Waals surface area contributed by atoms with Crippen LogP contribution < -0.4 is 5.32 Å². The van der Waals surface area contributed by atoms with Crippen LogP contribution in [0.15, 0.2) is 72.8 Å².